The Labute approximate surface area is 152 Å². The molecule has 6 heteroatoms. The Bertz CT molecular complexity index is 742. The van der Waals surface area contributed by atoms with Crippen molar-refractivity contribution in [3.63, 3.8) is 0 Å². The smallest absolute Gasteiger partial charge is 0.408 e. The fraction of sp³-hybridized carbons (Fsp3) is 0.200. The first-order chi connectivity index (χ1) is 12.5. The number of benzene rings is 2. The van der Waals surface area contributed by atoms with Crippen molar-refractivity contribution in [3.05, 3.63) is 71.8 Å². The molecule has 0 aliphatic carbocycles. The average molecular weight is 354 g/mol. The molecule has 0 spiro atoms. The Kier molecular flexibility index (Phi) is 7.24. The third kappa shape index (κ3) is 6.68. The van der Waals surface area contributed by atoms with Crippen LogP contribution in [0.25, 0.3) is 6.08 Å². The fourth-order valence-electron chi connectivity index (χ4n) is 2.10. The molecule has 0 aliphatic heterocycles. The highest BCUT2D eigenvalue weighted by Crippen LogP contribution is 2.10. The zero-order valence-electron chi connectivity index (χ0n) is 14.5. The first-order valence-electron chi connectivity index (χ1n) is 8.25. The molecule has 0 fully saturated rings. The summed E-state index contributed by atoms with van der Waals surface area (Å²) in [4.78, 5) is 23.7. The van der Waals surface area contributed by atoms with Gasteiger partial charge in [0.25, 0.3) is 0 Å². The lowest BCUT2D eigenvalue weighted by molar-refractivity contribution is -0.122. The molecular weight excluding hydrogens is 332 g/mol. The Balaban J connectivity index is 1.68. The molecule has 26 heavy (non-hydrogen) atoms. The van der Waals surface area contributed by atoms with Crippen LogP contribution in [0.3, 0.4) is 0 Å². The molecule has 2 amide bonds. The number of amides is 2. The zero-order valence-corrected chi connectivity index (χ0v) is 14.5. The molecule has 1 atom stereocenters. The van der Waals surface area contributed by atoms with E-state index in [-0.39, 0.29) is 18.3 Å². The standard InChI is InChI=1S/C20H22N2O4/c1-15(22-20(25)26-14-17-6-3-2-4-7-17)19(24)21-13-5-8-16-9-11-18(23)12-10-16/h2-12,15,23H,13-14H2,1H3,(H,21,24)(H,22,25)/t15-/m1/s1. The number of ether oxygens (including phenoxy) is 1. The van der Waals surface area contributed by atoms with Gasteiger partial charge in [-0.2, -0.15) is 0 Å². The van der Waals surface area contributed by atoms with Gasteiger partial charge in [-0.25, -0.2) is 4.79 Å². The lowest BCUT2D eigenvalue weighted by Gasteiger charge is -2.13. The predicted molar refractivity (Wildman–Crippen MR) is 99.4 cm³/mol. The van der Waals surface area contributed by atoms with Crippen molar-refractivity contribution >= 4 is 18.1 Å². The molecule has 0 aromatic heterocycles. The van der Waals surface area contributed by atoms with Crippen LogP contribution < -0.4 is 10.6 Å². The van der Waals surface area contributed by atoms with E-state index >= 15 is 0 Å². The first-order valence-corrected chi connectivity index (χ1v) is 8.25. The topological polar surface area (TPSA) is 87.7 Å². The molecule has 2 aromatic rings. The van der Waals surface area contributed by atoms with E-state index in [2.05, 4.69) is 10.6 Å². The number of nitrogens with one attached hydrogen (secondary N) is 2. The van der Waals surface area contributed by atoms with Crippen molar-refractivity contribution in [1.29, 1.82) is 0 Å². The van der Waals surface area contributed by atoms with Crippen molar-refractivity contribution in [2.75, 3.05) is 6.54 Å². The number of phenols is 1. The van der Waals surface area contributed by atoms with E-state index in [1.54, 1.807) is 37.3 Å². The fourth-order valence-corrected chi connectivity index (χ4v) is 2.10. The minimum Gasteiger partial charge on any atom is -0.508 e. The first kappa shape index (κ1) is 19.1. The number of hydrogen-bond acceptors (Lipinski definition) is 4. The average Bonchev–Trinajstić information content (AvgIpc) is 2.65. The Morgan fingerprint density at radius 1 is 1.12 bits per heavy atom. The van der Waals surface area contributed by atoms with E-state index in [0.717, 1.165) is 11.1 Å². The Morgan fingerprint density at radius 3 is 2.50 bits per heavy atom. The van der Waals surface area contributed by atoms with Crippen LogP contribution in [0.2, 0.25) is 0 Å². The number of phenolic OH excluding ortho intramolecular Hbond substituents is 1. The minimum absolute atomic E-state index is 0.149. The molecule has 2 aromatic carbocycles. The van der Waals surface area contributed by atoms with Crippen LogP contribution in [0.4, 0.5) is 4.79 Å². The second-order valence-corrected chi connectivity index (χ2v) is 5.67. The number of rotatable bonds is 7. The monoisotopic (exact) mass is 354 g/mol. The molecule has 3 N–H and O–H groups in total. The lowest BCUT2D eigenvalue weighted by atomic mass is 10.2. The molecule has 6 nitrogen and oxygen atoms in total. The van der Waals surface area contributed by atoms with Gasteiger partial charge in [0.1, 0.15) is 18.4 Å². The summed E-state index contributed by atoms with van der Waals surface area (Å²) in [6.07, 6.45) is 2.97. The van der Waals surface area contributed by atoms with Gasteiger partial charge in [-0.1, -0.05) is 54.6 Å². The summed E-state index contributed by atoms with van der Waals surface area (Å²) in [6.45, 7) is 2.06. The van der Waals surface area contributed by atoms with E-state index in [4.69, 9.17) is 4.74 Å². The van der Waals surface area contributed by atoms with Crippen LogP contribution >= 0.6 is 0 Å². The number of aromatic hydroxyl groups is 1. The summed E-state index contributed by atoms with van der Waals surface area (Å²) in [5.41, 5.74) is 1.78. The summed E-state index contributed by atoms with van der Waals surface area (Å²) in [6, 6.07) is 15.3. The van der Waals surface area contributed by atoms with Gasteiger partial charge in [-0.3, -0.25) is 4.79 Å². The summed E-state index contributed by atoms with van der Waals surface area (Å²) < 4.78 is 5.08. The maximum Gasteiger partial charge on any atom is 0.408 e. The summed E-state index contributed by atoms with van der Waals surface area (Å²) >= 11 is 0. The molecule has 0 saturated heterocycles. The number of carbonyl (C=O) groups excluding carboxylic acids is 2. The Morgan fingerprint density at radius 2 is 1.81 bits per heavy atom. The molecule has 0 bridgehead atoms. The summed E-state index contributed by atoms with van der Waals surface area (Å²) in [5.74, 6) is -0.105. The summed E-state index contributed by atoms with van der Waals surface area (Å²) in [7, 11) is 0. The molecule has 0 heterocycles. The molecule has 0 radical (unpaired) electrons. The normalized spacial score (nSPS) is 11.7. The van der Waals surface area contributed by atoms with Crippen molar-refractivity contribution in [3.8, 4) is 5.75 Å². The number of alkyl carbamates (subject to hydrolysis) is 1. The van der Waals surface area contributed by atoms with Crippen LogP contribution in [-0.2, 0) is 16.1 Å². The number of hydrogen-bond donors (Lipinski definition) is 3. The minimum atomic E-state index is -0.708. The Hall–Kier alpha value is -3.28. The highest BCUT2D eigenvalue weighted by Gasteiger charge is 2.15. The van der Waals surface area contributed by atoms with Gasteiger partial charge in [-0.05, 0) is 30.2 Å². The maximum absolute atomic E-state index is 12.0. The van der Waals surface area contributed by atoms with Crippen LogP contribution in [-0.4, -0.2) is 29.7 Å². The zero-order chi connectivity index (χ0) is 18.8. The molecule has 0 saturated carbocycles. The maximum atomic E-state index is 12.0. The van der Waals surface area contributed by atoms with E-state index in [1.807, 2.05) is 36.4 Å². The van der Waals surface area contributed by atoms with Gasteiger partial charge in [0, 0.05) is 6.54 Å². The van der Waals surface area contributed by atoms with Gasteiger partial charge in [0.15, 0.2) is 0 Å². The van der Waals surface area contributed by atoms with Gasteiger partial charge < -0.3 is 20.5 Å². The highest BCUT2D eigenvalue weighted by atomic mass is 16.5. The van der Waals surface area contributed by atoms with Crippen molar-refractivity contribution in [2.45, 2.75) is 19.6 Å². The van der Waals surface area contributed by atoms with E-state index in [0.29, 0.717) is 6.54 Å². The SMILES string of the molecule is C[C@@H](NC(=O)OCc1ccccc1)C(=O)NCC=Cc1ccc(O)cc1. The van der Waals surface area contributed by atoms with E-state index in [1.165, 1.54) is 0 Å². The van der Waals surface area contributed by atoms with Crippen LogP contribution in [0, 0.1) is 0 Å². The lowest BCUT2D eigenvalue weighted by Crippen LogP contribution is -2.45. The third-order valence-corrected chi connectivity index (χ3v) is 3.54. The second kappa shape index (κ2) is 9.88. The van der Waals surface area contributed by atoms with E-state index in [9.17, 15) is 14.7 Å². The molecule has 0 aliphatic rings. The quantitative estimate of drug-likeness (QED) is 0.713. The van der Waals surface area contributed by atoms with Crippen molar-refractivity contribution in [1.82, 2.24) is 10.6 Å². The molecule has 136 valence electrons. The van der Waals surface area contributed by atoms with Crippen LogP contribution in [0.1, 0.15) is 18.1 Å². The molecular formula is C20H22N2O4. The molecule has 2 rings (SSSR count). The van der Waals surface area contributed by atoms with Crippen molar-refractivity contribution in [2.24, 2.45) is 0 Å². The van der Waals surface area contributed by atoms with Gasteiger partial charge in [0.2, 0.25) is 5.91 Å². The second-order valence-electron chi connectivity index (χ2n) is 5.67. The number of carbonyl (C=O) groups is 2. The predicted octanol–water partition coefficient (Wildman–Crippen LogP) is 2.84. The molecule has 0 unspecified atom stereocenters. The van der Waals surface area contributed by atoms with Gasteiger partial charge in [0.05, 0.1) is 0 Å². The van der Waals surface area contributed by atoms with Gasteiger partial charge >= 0.3 is 6.09 Å². The summed E-state index contributed by atoms with van der Waals surface area (Å²) in [5, 5.41) is 14.4. The van der Waals surface area contributed by atoms with Gasteiger partial charge in [-0.15, -0.1) is 0 Å². The van der Waals surface area contributed by atoms with Crippen LogP contribution in [0.15, 0.2) is 60.7 Å². The highest BCUT2D eigenvalue weighted by molar-refractivity contribution is 5.85. The largest absolute Gasteiger partial charge is 0.508 e. The van der Waals surface area contributed by atoms with E-state index < -0.39 is 12.1 Å². The van der Waals surface area contributed by atoms with Crippen LogP contribution in [0.5, 0.6) is 5.75 Å². The van der Waals surface area contributed by atoms with Crippen molar-refractivity contribution < 1.29 is 19.4 Å². The third-order valence-electron chi connectivity index (χ3n) is 3.54.